The molecule has 0 saturated carbocycles. The van der Waals surface area contributed by atoms with Crippen LogP contribution in [0.5, 0.6) is 0 Å². The predicted molar refractivity (Wildman–Crippen MR) is 154 cm³/mol. The number of rotatable bonds is 16. The average Bonchev–Trinajstić information content (AvgIpc) is 2.93. The molecular formula is C32H38N2O6. The molecule has 0 aromatic heterocycles. The van der Waals surface area contributed by atoms with Gasteiger partial charge in [-0.3, -0.25) is 19.2 Å². The minimum absolute atomic E-state index is 0.000463. The van der Waals surface area contributed by atoms with Crippen molar-refractivity contribution >= 4 is 34.4 Å². The van der Waals surface area contributed by atoms with Crippen LogP contribution >= 0.6 is 0 Å². The van der Waals surface area contributed by atoms with Gasteiger partial charge in [0.2, 0.25) is 5.91 Å². The van der Waals surface area contributed by atoms with Crippen molar-refractivity contribution in [3.8, 4) is 0 Å². The number of Topliss-reactive ketones (excluding diaryl/α,β-unsaturated/α-hetero) is 1. The van der Waals surface area contributed by atoms with Crippen LogP contribution in [0, 0.1) is 11.8 Å². The lowest BCUT2D eigenvalue weighted by Crippen LogP contribution is -2.44. The molecule has 0 fully saturated rings. The summed E-state index contributed by atoms with van der Waals surface area (Å²) in [6.07, 6.45) is 0.521. The summed E-state index contributed by atoms with van der Waals surface area (Å²) < 4.78 is 5.23. The van der Waals surface area contributed by atoms with Crippen molar-refractivity contribution in [2.75, 3.05) is 19.7 Å². The SMILES string of the molecule is CC(C)C(CNC(CC(=O)O)C(=O)COC(=O)Cc1cccc2ccccc12)CC(=O)NCCc1ccccc1. The summed E-state index contributed by atoms with van der Waals surface area (Å²) in [5, 5.41) is 17.2. The maximum Gasteiger partial charge on any atom is 0.310 e. The third-order valence-corrected chi connectivity index (χ3v) is 6.95. The quantitative estimate of drug-likeness (QED) is 0.233. The van der Waals surface area contributed by atoms with Gasteiger partial charge in [0.15, 0.2) is 12.4 Å². The molecule has 1 amide bonds. The van der Waals surface area contributed by atoms with Gasteiger partial charge in [-0.2, -0.15) is 0 Å². The zero-order valence-corrected chi connectivity index (χ0v) is 23.1. The molecule has 3 N–H and O–H groups in total. The topological polar surface area (TPSA) is 122 Å². The van der Waals surface area contributed by atoms with Crippen LogP contribution in [-0.4, -0.2) is 54.5 Å². The predicted octanol–water partition coefficient (Wildman–Crippen LogP) is 3.95. The van der Waals surface area contributed by atoms with Crippen LogP contribution in [-0.2, 0) is 36.8 Å². The Kier molecular flexibility index (Phi) is 11.8. The van der Waals surface area contributed by atoms with Gasteiger partial charge in [0.05, 0.1) is 18.9 Å². The van der Waals surface area contributed by atoms with Crippen molar-refractivity contribution in [2.45, 2.75) is 45.6 Å². The molecule has 3 rings (SSSR count). The van der Waals surface area contributed by atoms with E-state index >= 15 is 0 Å². The highest BCUT2D eigenvalue weighted by Crippen LogP contribution is 2.19. The van der Waals surface area contributed by atoms with Gasteiger partial charge in [0.1, 0.15) is 0 Å². The highest BCUT2D eigenvalue weighted by atomic mass is 16.5. The van der Waals surface area contributed by atoms with Crippen LogP contribution in [0.1, 0.15) is 37.8 Å². The monoisotopic (exact) mass is 546 g/mol. The first-order chi connectivity index (χ1) is 19.2. The maximum atomic E-state index is 12.8. The zero-order chi connectivity index (χ0) is 28.9. The highest BCUT2D eigenvalue weighted by molar-refractivity contribution is 5.92. The maximum absolute atomic E-state index is 12.8. The second-order valence-corrected chi connectivity index (χ2v) is 10.3. The molecule has 0 heterocycles. The Hall–Kier alpha value is -4.04. The molecule has 0 aliphatic heterocycles. The molecule has 212 valence electrons. The van der Waals surface area contributed by atoms with E-state index in [2.05, 4.69) is 10.6 Å². The Bertz CT molecular complexity index is 1290. The number of aliphatic carboxylic acids is 1. The van der Waals surface area contributed by atoms with Crippen molar-refractivity contribution in [1.82, 2.24) is 10.6 Å². The van der Waals surface area contributed by atoms with Crippen LogP contribution in [0.4, 0.5) is 0 Å². The van der Waals surface area contributed by atoms with E-state index < -0.39 is 36.8 Å². The molecule has 8 heteroatoms. The number of carbonyl (C=O) groups is 4. The summed E-state index contributed by atoms with van der Waals surface area (Å²) in [4.78, 5) is 49.4. The van der Waals surface area contributed by atoms with Crippen molar-refractivity contribution in [3.05, 3.63) is 83.9 Å². The van der Waals surface area contributed by atoms with E-state index in [0.29, 0.717) is 6.54 Å². The summed E-state index contributed by atoms with van der Waals surface area (Å²) in [6.45, 7) is 4.23. The number of esters is 1. The number of fused-ring (bicyclic) bond motifs is 1. The molecule has 0 aliphatic carbocycles. The van der Waals surface area contributed by atoms with Gasteiger partial charge in [-0.25, -0.2) is 0 Å². The normalized spacial score (nSPS) is 12.6. The van der Waals surface area contributed by atoms with Gasteiger partial charge in [-0.1, -0.05) is 86.6 Å². The number of carboxylic acids is 1. The van der Waals surface area contributed by atoms with E-state index in [0.717, 1.165) is 28.3 Å². The summed E-state index contributed by atoms with van der Waals surface area (Å²) in [5.74, 6) is -2.33. The summed E-state index contributed by atoms with van der Waals surface area (Å²) >= 11 is 0. The standard InChI is InChI=1S/C32H38N2O6/c1-22(2)26(17-30(36)33-16-15-23-9-4-3-5-10-23)20-34-28(19-31(37)38)29(35)21-40-32(39)18-25-13-8-12-24-11-6-7-14-27(24)25/h3-14,22,26,28,34H,15-21H2,1-2H3,(H,33,36)(H,37,38). The largest absolute Gasteiger partial charge is 0.481 e. The Morgan fingerprint density at radius 2 is 1.57 bits per heavy atom. The van der Waals surface area contributed by atoms with Gasteiger partial charge < -0.3 is 20.5 Å². The van der Waals surface area contributed by atoms with E-state index in [1.807, 2.05) is 86.6 Å². The molecule has 40 heavy (non-hydrogen) atoms. The van der Waals surface area contributed by atoms with Gasteiger partial charge in [-0.05, 0) is 46.7 Å². The number of hydrogen-bond donors (Lipinski definition) is 3. The van der Waals surface area contributed by atoms with E-state index in [4.69, 9.17) is 4.74 Å². The fourth-order valence-corrected chi connectivity index (χ4v) is 4.52. The van der Waals surface area contributed by atoms with Crippen molar-refractivity contribution in [3.63, 3.8) is 0 Å². The number of ketones is 1. The lowest BCUT2D eigenvalue weighted by Gasteiger charge is -2.24. The summed E-state index contributed by atoms with van der Waals surface area (Å²) in [6, 6.07) is 22.2. The van der Waals surface area contributed by atoms with Crippen molar-refractivity contribution in [1.29, 1.82) is 0 Å². The molecule has 8 nitrogen and oxygen atoms in total. The van der Waals surface area contributed by atoms with Crippen molar-refractivity contribution < 1.29 is 29.0 Å². The lowest BCUT2D eigenvalue weighted by molar-refractivity contribution is -0.148. The Labute approximate surface area is 235 Å². The number of ether oxygens (including phenoxy) is 1. The van der Waals surface area contributed by atoms with Crippen LogP contribution in [0.25, 0.3) is 10.8 Å². The van der Waals surface area contributed by atoms with Crippen LogP contribution in [0.15, 0.2) is 72.8 Å². The fraction of sp³-hybridized carbons (Fsp3) is 0.375. The number of nitrogens with one attached hydrogen (secondary N) is 2. The lowest BCUT2D eigenvalue weighted by atomic mass is 9.91. The number of carbonyl (C=O) groups excluding carboxylic acids is 3. The Balaban J connectivity index is 1.49. The molecule has 0 spiro atoms. The number of carboxylic acid groups (broad SMARTS) is 1. The second-order valence-electron chi connectivity index (χ2n) is 10.3. The molecule has 3 aromatic rings. The van der Waals surface area contributed by atoms with Crippen LogP contribution in [0.2, 0.25) is 0 Å². The average molecular weight is 547 g/mol. The minimum Gasteiger partial charge on any atom is -0.481 e. The Morgan fingerprint density at radius 1 is 0.875 bits per heavy atom. The third-order valence-electron chi connectivity index (χ3n) is 6.95. The highest BCUT2D eigenvalue weighted by Gasteiger charge is 2.25. The molecule has 3 aromatic carbocycles. The number of benzene rings is 3. The first-order valence-electron chi connectivity index (χ1n) is 13.6. The zero-order valence-electron chi connectivity index (χ0n) is 23.1. The summed E-state index contributed by atoms with van der Waals surface area (Å²) in [5.41, 5.74) is 1.93. The minimum atomic E-state index is -1.15. The van der Waals surface area contributed by atoms with Crippen LogP contribution in [0.3, 0.4) is 0 Å². The molecule has 2 atom stereocenters. The van der Waals surface area contributed by atoms with Gasteiger partial charge in [-0.15, -0.1) is 0 Å². The van der Waals surface area contributed by atoms with E-state index in [9.17, 15) is 24.3 Å². The summed E-state index contributed by atoms with van der Waals surface area (Å²) in [7, 11) is 0. The Morgan fingerprint density at radius 3 is 2.30 bits per heavy atom. The molecule has 0 aliphatic rings. The molecule has 0 bridgehead atoms. The van der Waals surface area contributed by atoms with Crippen LogP contribution < -0.4 is 10.6 Å². The molecule has 0 radical (unpaired) electrons. The smallest absolute Gasteiger partial charge is 0.310 e. The number of hydrogen-bond acceptors (Lipinski definition) is 6. The molecule has 2 unspecified atom stereocenters. The van der Waals surface area contributed by atoms with Gasteiger partial charge >= 0.3 is 11.9 Å². The van der Waals surface area contributed by atoms with Gasteiger partial charge in [0.25, 0.3) is 0 Å². The number of amides is 1. The van der Waals surface area contributed by atoms with E-state index in [1.54, 1.807) is 0 Å². The fourth-order valence-electron chi connectivity index (χ4n) is 4.52. The molecule has 0 saturated heterocycles. The van der Waals surface area contributed by atoms with E-state index in [-0.39, 0.29) is 37.1 Å². The van der Waals surface area contributed by atoms with Crippen molar-refractivity contribution in [2.24, 2.45) is 11.8 Å². The van der Waals surface area contributed by atoms with Gasteiger partial charge in [0, 0.05) is 13.0 Å². The third kappa shape index (κ3) is 9.93. The van der Waals surface area contributed by atoms with E-state index in [1.165, 1.54) is 0 Å². The molecular weight excluding hydrogens is 508 g/mol. The first kappa shape index (κ1) is 30.5. The first-order valence-corrected chi connectivity index (χ1v) is 13.6. The second kappa shape index (κ2) is 15.5.